The molecule has 0 bridgehead atoms. The van der Waals surface area contributed by atoms with E-state index in [0.29, 0.717) is 0 Å². The molecule has 0 saturated carbocycles. The van der Waals surface area contributed by atoms with Crippen LogP contribution in [0.3, 0.4) is 0 Å². The van der Waals surface area contributed by atoms with Gasteiger partial charge in [0.1, 0.15) is 0 Å². The number of halogens is 1. The molecule has 0 N–H and O–H groups in total. The molecule has 0 spiro atoms. The van der Waals surface area contributed by atoms with Crippen LogP contribution in [0, 0.1) is 0 Å². The summed E-state index contributed by atoms with van der Waals surface area (Å²) >= 11 is 5.89. The maximum absolute atomic E-state index is 5.89. The first-order valence-electron chi connectivity index (χ1n) is 4.24. The number of nitrogens with zero attached hydrogens (tertiary/aromatic N) is 1. The smallest absolute Gasteiger partial charge is 0.0517 e. The Kier molecular flexibility index (Phi) is 2.19. The van der Waals surface area contributed by atoms with Crippen LogP contribution in [0.1, 0.15) is 18.9 Å². The summed E-state index contributed by atoms with van der Waals surface area (Å²) in [5, 5.41) is 0.768. The summed E-state index contributed by atoms with van der Waals surface area (Å²) in [6.07, 6.45) is 2.86. The molecular weight excluding hydrogens is 182 g/mol. The largest absolute Gasteiger partial charge is 0.260 e. The van der Waals surface area contributed by atoms with Crippen LogP contribution < -0.4 is 0 Å². The molecule has 1 aromatic carbocycles. The Morgan fingerprint density at radius 1 is 1.38 bits per heavy atom. The van der Waals surface area contributed by atoms with Crippen molar-refractivity contribution >= 4 is 17.3 Å². The van der Waals surface area contributed by atoms with Gasteiger partial charge in [-0.25, -0.2) is 0 Å². The highest BCUT2D eigenvalue weighted by Gasteiger charge is 2.08. The van der Waals surface area contributed by atoms with Crippen molar-refractivity contribution in [3.05, 3.63) is 46.6 Å². The topological polar surface area (TPSA) is 12.4 Å². The maximum atomic E-state index is 5.89. The van der Waals surface area contributed by atoms with Gasteiger partial charge in [0.2, 0.25) is 0 Å². The molecule has 1 aromatic rings. The molecule has 1 aliphatic heterocycles. The molecular formula is C11H10ClN. The molecule has 1 heterocycles. The van der Waals surface area contributed by atoms with E-state index in [-0.39, 0.29) is 0 Å². The molecule has 66 valence electrons. The highest BCUT2D eigenvalue weighted by Crippen LogP contribution is 2.19. The zero-order chi connectivity index (χ0) is 9.26. The number of benzene rings is 1. The second-order valence-corrected chi connectivity index (χ2v) is 3.67. The summed E-state index contributed by atoms with van der Waals surface area (Å²) in [6.45, 7) is 2.08. The van der Waals surface area contributed by atoms with Crippen molar-refractivity contribution < 1.29 is 0 Å². The number of hydrogen-bond acceptors (Lipinski definition) is 1. The predicted molar refractivity (Wildman–Crippen MR) is 56.4 cm³/mol. The fourth-order valence-electron chi connectivity index (χ4n) is 1.39. The number of aliphatic imine (C=N–C) groups is 1. The van der Waals surface area contributed by atoms with Crippen molar-refractivity contribution in [3.63, 3.8) is 0 Å². The second kappa shape index (κ2) is 3.35. The van der Waals surface area contributed by atoms with E-state index in [9.17, 15) is 0 Å². The molecule has 2 heteroatoms. The third kappa shape index (κ3) is 1.81. The first-order valence-corrected chi connectivity index (χ1v) is 4.62. The summed E-state index contributed by atoms with van der Waals surface area (Å²) in [5.41, 5.74) is 3.54. The van der Waals surface area contributed by atoms with Crippen LogP contribution in [-0.4, -0.2) is 5.71 Å². The van der Waals surface area contributed by atoms with Crippen LogP contribution in [0.5, 0.6) is 0 Å². The zero-order valence-corrected chi connectivity index (χ0v) is 8.17. The van der Waals surface area contributed by atoms with Crippen molar-refractivity contribution in [1.29, 1.82) is 0 Å². The number of hydrogen-bond donors (Lipinski definition) is 0. The van der Waals surface area contributed by atoms with Crippen LogP contribution >= 0.6 is 11.6 Å². The first kappa shape index (κ1) is 8.52. The lowest BCUT2D eigenvalue weighted by molar-refractivity contribution is 1.30. The lowest BCUT2D eigenvalue weighted by atomic mass is 10.1. The number of rotatable bonds is 1. The third-order valence-corrected chi connectivity index (χ3v) is 2.28. The third-order valence-electron chi connectivity index (χ3n) is 2.04. The minimum Gasteiger partial charge on any atom is -0.260 e. The van der Waals surface area contributed by atoms with E-state index in [1.165, 1.54) is 5.57 Å². The van der Waals surface area contributed by atoms with E-state index in [2.05, 4.69) is 11.9 Å². The first-order chi connectivity index (χ1) is 6.25. The van der Waals surface area contributed by atoms with Gasteiger partial charge in [-0.15, -0.1) is 0 Å². The molecule has 0 fully saturated rings. The van der Waals surface area contributed by atoms with Gasteiger partial charge in [-0.3, -0.25) is 4.99 Å². The average Bonchev–Trinajstić information content (AvgIpc) is 2.52. The Hall–Kier alpha value is -1.08. The quantitative estimate of drug-likeness (QED) is 0.645. The number of allylic oxidation sites excluding steroid dienone is 1. The normalized spacial score (nSPS) is 15.5. The Morgan fingerprint density at radius 3 is 2.85 bits per heavy atom. The van der Waals surface area contributed by atoms with Crippen molar-refractivity contribution in [3.8, 4) is 0 Å². The van der Waals surface area contributed by atoms with Gasteiger partial charge in [-0.05, 0) is 30.2 Å². The second-order valence-electron chi connectivity index (χ2n) is 3.24. The highest BCUT2D eigenvalue weighted by molar-refractivity contribution is 6.31. The summed E-state index contributed by atoms with van der Waals surface area (Å²) in [4.78, 5) is 4.32. The molecule has 0 aliphatic carbocycles. The summed E-state index contributed by atoms with van der Waals surface area (Å²) < 4.78 is 0. The van der Waals surface area contributed by atoms with Gasteiger partial charge in [0.25, 0.3) is 0 Å². The van der Waals surface area contributed by atoms with Gasteiger partial charge in [-0.2, -0.15) is 0 Å². The molecule has 0 unspecified atom stereocenters. The SMILES string of the molecule is CC1=CN=C(c2cccc(Cl)c2)C1. The van der Waals surface area contributed by atoms with Crippen LogP contribution in [-0.2, 0) is 0 Å². The molecule has 13 heavy (non-hydrogen) atoms. The molecule has 1 nitrogen and oxygen atoms in total. The Balaban J connectivity index is 2.29. The van der Waals surface area contributed by atoms with Crippen LogP contribution in [0.4, 0.5) is 0 Å². The highest BCUT2D eigenvalue weighted by atomic mass is 35.5. The Bertz CT molecular complexity index is 391. The van der Waals surface area contributed by atoms with E-state index in [1.807, 2.05) is 30.5 Å². The molecule has 0 saturated heterocycles. The van der Waals surface area contributed by atoms with Gasteiger partial charge in [0.05, 0.1) is 5.71 Å². The lowest BCUT2D eigenvalue weighted by Crippen LogP contribution is -1.96. The van der Waals surface area contributed by atoms with Gasteiger partial charge >= 0.3 is 0 Å². The van der Waals surface area contributed by atoms with Gasteiger partial charge in [-0.1, -0.05) is 23.7 Å². The lowest BCUT2D eigenvalue weighted by Gasteiger charge is -2.00. The van der Waals surface area contributed by atoms with Crippen molar-refractivity contribution in [2.45, 2.75) is 13.3 Å². The fourth-order valence-corrected chi connectivity index (χ4v) is 1.58. The van der Waals surface area contributed by atoms with Crippen molar-refractivity contribution in [1.82, 2.24) is 0 Å². The monoisotopic (exact) mass is 191 g/mol. The molecule has 2 rings (SSSR count). The fraction of sp³-hybridized carbons (Fsp3) is 0.182. The van der Waals surface area contributed by atoms with Gasteiger partial charge < -0.3 is 0 Å². The van der Waals surface area contributed by atoms with Crippen molar-refractivity contribution in [2.75, 3.05) is 0 Å². The van der Waals surface area contributed by atoms with Crippen molar-refractivity contribution in [2.24, 2.45) is 4.99 Å². The minimum absolute atomic E-state index is 0.768. The van der Waals surface area contributed by atoms with E-state index >= 15 is 0 Å². The molecule has 1 aliphatic rings. The van der Waals surface area contributed by atoms with E-state index < -0.39 is 0 Å². The molecule has 0 amide bonds. The molecule has 0 radical (unpaired) electrons. The van der Waals surface area contributed by atoms with Gasteiger partial charge in [0, 0.05) is 17.6 Å². The zero-order valence-electron chi connectivity index (χ0n) is 7.42. The predicted octanol–water partition coefficient (Wildman–Crippen LogP) is 3.44. The molecule has 0 atom stereocenters. The Labute approximate surface area is 82.8 Å². The van der Waals surface area contributed by atoms with E-state index in [1.54, 1.807) is 0 Å². The van der Waals surface area contributed by atoms with Crippen LogP contribution in [0.15, 0.2) is 41.0 Å². The van der Waals surface area contributed by atoms with Crippen LogP contribution in [0.2, 0.25) is 5.02 Å². The van der Waals surface area contributed by atoms with E-state index in [0.717, 1.165) is 22.7 Å². The maximum Gasteiger partial charge on any atom is 0.0517 e. The standard InChI is InChI=1S/C11H10ClN/c1-8-5-11(13-7-8)9-3-2-4-10(12)6-9/h2-4,6-7H,5H2,1H3. The van der Waals surface area contributed by atoms with Gasteiger partial charge in [0.15, 0.2) is 0 Å². The Morgan fingerprint density at radius 2 is 2.23 bits per heavy atom. The van der Waals surface area contributed by atoms with E-state index in [4.69, 9.17) is 11.6 Å². The summed E-state index contributed by atoms with van der Waals surface area (Å²) in [5.74, 6) is 0. The average molecular weight is 192 g/mol. The minimum atomic E-state index is 0.768. The summed E-state index contributed by atoms with van der Waals surface area (Å²) in [7, 11) is 0. The summed E-state index contributed by atoms with van der Waals surface area (Å²) in [6, 6.07) is 7.82. The molecule has 0 aromatic heterocycles. The van der Waals surface area contributed by atoms with Crippen LogP contribution in [0.25, 0.3) is 0 Å².